The number of aliphatic hydroxyl groups is 1. The Morgan fingerprint density at radius 2 is 2.00 bits per heavy atom. The van der Waals surface area contributed by atoms with E-state index in [1.54, 1.807) is 0 Å². The standard InChI is InChI=1S/C15H31NO2/c1-5-16-15(4,11-17)8-9-18-14-7-6-12(2)13(3)10-14/h12-14,16-17H,5-11H2,1-4H3. The summed E-state index contributed by atoms with van der Waals surface area (Å²) in [6.07, 6.45) is 4.98. The van der Waals surface area contributed by atoms with Crippen LogP contribution in [-0.2, 0) is 4.74 Å². The molecule has 1 aliphatic rings. The summed E-state index contributed by atoms with van der Waals surface area (Å²) in [6, 6.07) is 0. The average molecular weight is 257 g/mol. The molecule has 3 heteroatoms. The van der Waals surface area contributed by atoms with Crippen molar-refractivity contribution in [3.8, 4) is 0 Å². The highest BCUT2D eigenvalue weighted by Gasteiger charge is 2.26. The van der Waals surface area contributed by atoms with Gasteiger partial charge in [-0.1, -0.05) is 20.8 Å². The first kappa shape index (κ1) is 15.9. The number of hydrogen-bond donors (Lipinski definition) is 2. The lowest BCUT2D eigenvalue weighted by Gasteiger charge is -2.33. The second kappa shape index (κ2) is 7.46. The van der Waals surface area contributed by atoms with E-state index in [9.17, 15) is 5.11 Å². The Morgan fingerprint density at radius 1 is 1.28 bits per heavy atom. The fourth-order valence-corrected chi connectivity index (χ4v) is 2.75. The zero-order chi connectivity index (χ0) is 13.6. The Balaban J connectivity index is 2.25. The molecule has 1 aliphatic carbocycles. The van der Waals surface area contributed by atoms with Gasteiger partial charge >= 0.3 is 0 Å². The third-order valence-corrected chi connectivity index (χ3v) is 4.51. The van der Waals surface area contributed by atoms with Crippen molar-refractivity contribution in [1.82, 2.24) is 5.32 Å². The molecule has 0 aromatic heterocycles. The third-order valence-electron chi connectivity index (χ3n) is 4.51. The van der Waals surface area contributed by atoms with Gasteiger partial charge in [0, 0.05) is 12.1 Å². The van der Waals surface area contributed by atoms with Crippen LogP contribution in [0.4, 0.5) is 0 Å². The van der Waals surface area contributed by atoms with E-state index in [1.165, 1.54) is 19.3 Å². The molecule has 0 aromatic rings. The molecule has 3 nitrogen and oxygen atoms in total. The molecule has 1 saturated carbocycles. The van der Waals surface area contributed by atoms with Gasteiger partial charge in [0.15, 0.2) is 0 Å². The lowest BCUT2D eigenvalue weighted by atomic mass is 9.80. The molecular weight excluding hydrogens is 226 g/mol. The number of aliphatic hydroxyl groups excluding tert-OH is 1. The fraction of sp³-hybridized carbons (Fsp3) is 1.00. The van der Waals surface area contributed by atoms with Gasteiger partial charge in [-0.15, -0.1) is 0 Å². The lowest BCUT2D eigenvalue weighted by molar-refractivity contribution is -0.00967. The molecule has 0 aromatic carbocycles. The Hall–Kier alpha value is -0.120. The second-order valence-electron chi connectivity index (χ2n) is 6.26. The summed E-state index contributed by atoms with van der Waals surface area (Å²) < 4.78 is 5.99. The number of nitrogens with one attached hydrogen (secondary N) is 1. The first-order valence-electron chi connectivity index (χ1n) is 7.48. The highest BCUT2D eigenvalue weighted by atomic mass is 16.5. The predicted octanol–water partition coefficient (Wildman–Crippen LogP) is 2.58. The van der Waals surface area contributed by atoms with Gasteiger partial charge in [0.25, 0.3) is 0 Å². The Kier molecular flexibility index (Phi) is 6.61. The molecule has 0 radical (unpaired) electrons. The van der Waals surface area contributed by atoms with Gasteiger partial charge in [0.1, 0.15) is 0 Å². The van der Waals surface area contributed by atoms with Crippen LogP contribution in [0.3, 0.4) is 0 Å². The SMILES string of the molecule is CCNC(C)(CO)CCOC1CCC(C)C(C)C1. The maximum absolute atomic E-state index is 9.41. The Morgan fingerprint density at radius 3 is 2.56 bits per heavy atom. The monoisotopic (exact) mass is 257 g/mol. The second-order valence-corrected chi connectivity index (χ2v) is 6.26. The first-order valence-corrected chi connectivity index (χ1v) is 7.48. The molecule has 4 atom stereocenters. The summed E-state index contributed by atoms with van der Waals surface area (Å²) in [5.41, 5.74) is -0.192. The van der Waals surface area contributed by atoms with E-state index in [4.69, 9.17) is 4.74 Å². The maximum Gasteiger partial charge on any atom is 0.0611 e. The molecule has 0 amide bonds. The van der Waals surface area contributed by atoms with Crippen LogP contribution in [0.2, 0.25) is 0 Å². The number of rotatable bonds is 7. The Bertz CT molecular complexity index is 235. The number of hydrogen-bond acceptors (Lipinski definition) is 3. The maximum atomic E-state index is 9.41. The van der Waals surface area contributed by atoms with Gasteiger partial charge in [0.2, 0.25) is 0 Å². The number of ether oxygens (including phenoxy) is 1. The first-order chi connectivity index (χ1) is 8.50. The zero-order valence-corrected chi connectivity index (χ0v) is 12.5. The van der Waals surface area contributed by atoms with Crippen LogP contribution >= 0.6 is 0 Å². The van der Waals surface area contributed by atoms with Crippen LogP contribution in [0, 0.1) is 11.8 Å². The Labute approximate surface area is 112 Å². The van der Waals surface area contributed by atoms with Gasteiger partial charge in [0.05, 0.1) is 12.7 Å². The smallest absolute Gasteiger partial charge is 0.0611 e. The highest BCUT2D eigenvalue weighted by molar-refractivity contribution is 4.82. The molecule has 0 heterocycles. The summed E-state index contributed by atoms with van der Waals surface area (Å²) in [7, 11) is 0. The molecular formula is C15H31NO2. The largest absolute Gasteiger partial charge is 0.394 e. The molecule has 2 N–H and O–H groups in total. The fourth-order valence-electron chi connectivity index (χ4n) is 2.75. The quantitative estimate of drug-likeness (QED) is 0.736. The topological polar surface area (TPSA) is 41.5 Å². The minimum absolute atomic E-state index is 0.169. The summed E-state index contributed by atoms with van der Waals surface area (Å²) >= 11 is 0. The van der Waals surface area contributed by atoms with Crippen molar-refractivity contribution in [3.63, 3.8) is 0 Å². The molecule has 0 spiro atoms. The molecule has 0 bridgehead atoms. The van der Waals surface area contributed by atoms with Gasteiger partial charge < -0.3 is 15.2 Å². The van der Waals surface area contributed by atoms with Crippen molar-refractivity contribution in [2.75, 3.05) is 19.8 Å². The van der Waals surface area contributed by atoms with Crippen molar-refractivity contribution in [3.05, 3.63) is 0 Å². The van der Waals surface area contributed by atoms with Crippen LogP contribution in [0.1, 0.15) is 53.4 Å². The van der Waals surface area contributed by atoms with E-state index < -0.39 is 0 Å². The zero-order valence-electron chi connectivity index (χ0n) is 12.5. The van der Waals surface area contributed by atoms with E-state index in [1.807, 2.05) is 0 Å². The molecule has 4 unspecified atom stereocenters. The van der Waals surface area contributed by atoms with E-state index in [0.29, 0.717) is 6.10 Å². The summed E-state index contributed by atoms with van der Waals surface area (Å²) in [4.78, 5) is 0. The van der Waals surface area contributed by atoms with Crippen LogP contribution in [0.15, 0.2) is 0 Å². The van der Waals surface area contributed by atoms with E-state index in [0.717, 1.165) is 31.4 Å². The van der Waals surface area contributed by atoms with Crippen molar-refractivity contribution in [2.24, 2.45) is 11.8 Å². The van der Waals surface area contributed by atoms with Crippen LogP contribution in [0.5, 0.6) is 0 Å². The molecule has 18 heavy (non-hydrogen) atoms. The third kappa shape index (κ3) is 4.87. The molecule has 108 valence electrons. The van der Waals surface area contributed by atoms with Crippen LogP contribution in [-0.4, -0.2) is 36.5 Å². The highest BCUT2D eigenvalue weighted by Crippen LogP contribution is 2.31. The molecule has 0 aliphatic heterocycles. The van der Waals surface area contributed by atoms with Crippen LogP contribution in [0.25, 0.3) is 0 Å². The molecule has 0 saturated heterocycles. The van der Waals surface area contributed by atoms with Gasteiger partial charge in [-0.25, -0.2) is 0 Å². The van der Waals surface area contributed by atoms with E-state index >= 15 is 0 Å². The van der Waals surface area contributed by atoms with E-state index in [2.05, 4.69) is 33.0 Å². The van der Waals surface area contributed by atoms with Crippen LogP contribution < -0.4 is 5.32 Å². The summed E-state index contributed by atoms with van der Waals surface area (Å²) in [5.74, 6) is 1.62. The number of likely N-dealkylation sites (N-methyl/N-ethyl adjacent to an activating group) is 1. The summed E-state index contributed by atoms with van der Waals surface area (Å²) in [5, 5.41) is 12.7. The van der Waals surface area contributed by atoms with Crippen molar-refractivity contribution in [1.29, 1.82) is 0 Å². The predicted molar refractivity (Wildman–Crippen MR) is 75.7 cm³/mol. The van der Waals surface area contributed by atoms with Crippen molar-refractivity contribution in [2.45, 2.75) is 65.0 Å². The minimum atomic E-state index is -0.192. The summed E-state index contributed by atoms with van der Waals surface area (Å²) in [6.45, 7) is 10.6. The normalized spacial score (nSPS) is 32.2. The van der Waals surface area contributed by atoms with Gasteiger partial charge in [-0.2, -0.15) is 0 Å². The minimum Gasteiger partial charge on any atom is -0.394 e. The molecule has 1 fully saturated rings. The average Bonchev–Trinajstić information content (AvgIpc) is 2.34. The van der Waals surface area contributed by atoms with Gasteiger partial charge in [-0.3, -0.25) is 0 Å². The van der Waals surface area contributed by atoms with Crippen molar-refractivity contribution < 1.29 is 9.84 Å². The van der Waals surface area contributed by atoms with E-state index in [-0.39, 0.29) is 12.1 Å². The molecule has 1 rings (SSSR count). The van der Waals surface area contributed by atoms with Crippen molar-refractivity contribution >= 4 is 0 Å². The lowest BCUT2D eigenvalue weighted by Crippen LogP contribution is -2.46. The van der Waals surface area contributed by atoms with Gasteiger partial charge in [-0.05, 0) is 51.0 Å².